The quantitative estimate of drug-likeness (QED) is 0.315. The standard InChI is InChI=1S/C17H23ClN4O/c1-3-22(4-2)16-8-6-15(7-9-16)21-13-14(12-19)17(23)20-11-5-10-18/h6-9,13,21H,3-5,10-11H2,1-2H3,(H,20,23)/b14-13-. The van der Waals surface area contributed by atoms with Crippen LogP contribution in [0.3, 0.4) is 0 Å². The number of nitrogens with one attached hydrogen (secondary N) is 2. The predicted molar refractivity (Wildman–Crippen MR) is 95.7 cm³/mol. The van der Waals surface area contributed by atoms with Gasteiger partial charge in [-0.2, -0.15) is 5.26 Å². The summed E-state index contributed by atoms with van der Waals surface area (Å²) in [6, 6.07) is 9.75. The molecular weight excluding hydrogens is 312 g/mol. The van der Waals surface area contributed by atoms with Crippen LogP contribution < -0.4 is 15.5 Å². The predicted octanol–water partition coefficient (Wildman–Crippen LogP) is 3.10. The highest BCUT2D eigenvalue weighted by Crippen LogP contribution is 2.17. The van der Waals surface area contributed by atoms with Gasteiger partial charge in [0.15, 0.2) is 0 Å². The van der Waals surface area contributed by atoms with E-state index in [1.807, 2.05) is 30.3 Å². The average molecular weight is 335 g/mol. The molecule has 1 amide bonds. The van der Waals surface area contributed by atoms with Gasteiger partial charge < -0.3 is 15.5 Å². The Morgan fingerprint density at radius 3 is 2.48 bits per heavy atom. The van der Waals surface area contributed by atoms with Crippen molar-refractivity contribution < 1.29 is 4.79 Å². The molecule has 0 atom stereocenters. The van der Waals surface area contributed by atoms with Crippen molar-refractivity contribution in [3.63, 3.8) is 0 Å². The number of nitrogens with zero attached hydrogens (tertiary/aromatic N) is 2. The van der Waals surface area contributed by atoms with Crippen molar-refractivity contribution in [2.45, 2.75) is 20.3 Å². The van der Waals surface area contributed by atoms with Crippen molar-refractivity contribution in [2.24, 2.45) is 0 Å². The van der Waals surface area contributed by atoms with Gasteiger partial charge in [0, 0.05) is 43.1 Å². The maximum absolute atomic E-state index is 11.8. The second kappa shape index (κ2) is 10.5. The van der Waals surface area contributed by atoms with E-state index in [-0.39, 0.29) is 5.57 Å². The molecule has 2 N–H and O–H groups in total. The molecule has 0 saturated heterocycles. The lowest BCUT2D eigenvalue weighted by atomic mass is 10.2. The zero-order valence-corrected chi connectivity index (χ0v) is 14.4. The lowest BCUT2D eigenvalue weighted by Gasteiger charge is -2.21. The summed E-state index contributed by atoms with van der Waals surface area (Å²) in [5.41, 5.74) is 2.00. The van der Waals surface area contributed by atoms with Gasteiger partial charge in [-0.1, -0.05) is 0 Å². The first-order valence-electron chi connectivity index (χ1n) is 7.72. The molecule has 0 saturated carbocycles. The van der Waals surface area contributed by atoms with E-state index in [1.54, 1.807) is 0 Å². The molecule has 5 nitrogen and oxygen atoms in total. The Morgan fingerprint density at radius 2 is 1.96 bits per heavy atom. The zero-order valence-electron chi connectivity index (χ0n) is 13.6. The van der Waals surface area contributed by atoms with E-state index in [9.17, 15) is 4.79 Å². The Balaban J connectivity index is 2.67. The SMILES string of the molecule is CCN(CC)c1ccc(N/C=C(/C#N)C(=O)NCCCCl)cc1. The van der Waals surface area contributed by atoms with Crippen LogP contribution in [-0.2, 0) is 4.79 Å². The third kappa shape index (κ3) is 6.21. The number of halogens is 1. The van der Waals surface area contributed by atoms with Gasteiger partial charge >= 0.3 is 0 Å². The second-order valence-electron chi connectivity index (χ2n) is 4.83. The van der Waals surface area contributed by atoms with E-state index >= 15 is 0 Å². The molecule has 0 aliphatic rings. The number of rotatable bonds is 9. The summed E-state index contributed by atoms with van der Waals surface area (Å²) in [6.07, 6.45) is 2.09. The van der Waals surface area contributed by atoms with Crippen molar-refractivity contribution in [1.82, 2.24) is 5.32 Å². The van der Waals surface area contributed by atoms with E-state index in [2.05, 4.69) is 29.4 Å². The van der Waals surface area contributed by atoms with Gasteiger partial charge in [0.1, 0.15) is 11.6 Å². The number of nitriles is 1. The normalized spacial score (nSPS) is 10.8. The first-order chi connectivity index (χ1) is 11.2. The molecule has 0 aliphatic carbocycles. The zero-order chi connectivity index (χ0) is 17.1. The Hall–Kier alpha value is -2.19. The van der Waals surface area contributed by atoms with Crippen LogP contribution in [0.2, 0.25) is 0 Å². The number of amides is 1. The van der Waals surface area contributed by atoms with Crippen LogP contribution in [0.25, 0.3) is 0 Å². The largest absolute Gasteiger partial charge is 0.372 e. The van der Waals surface area contributed by atoms with Crippen LogP contribution in [0, 0.1) is 11.3 Å². The first-order valence-corrected chi connectivity index (χ1v) is 8.25. The smallest absolute Gasteiger partial charge is 0.263 e. The maximum Gasteiger partial charge on any atom is 0.263 e. The second-order valence-corrected chi connectivity index (χ2v) is 5.21. The first kappa shape index (κ1) is 18.9. The van der Waals surface area contributed by atoms with Gasteiger partial charge in [-0.15, -0.1) is 11.6 Å². The molecule has 0 fully saturated rings. The molecule has 6 heteroatoms. The average Bonchev–Trinajstić information content (AvgIpc) is 2.58. The molecule has 124 valence electrons. The molecule has 0 aliphatic heterocycles. The van der Waals surface area contributed by atoms with Crippen LogP contribution in [0.15, 0.2) is 36.0 Å². The van der Waals surface area contributed by atoms with Crippen molar-refractivity contribution in [3.05, 3.63) is 36.0 Å². The Morgan fingerprint density at radius 1 is 1.30 bits per heavy atom. The fourth-order valence-electron chi connectivity index (χ4n) is 2.03. The number of anilines is 2. The Kier molecular flexibility index (Phi) is 8.63. The van der Waals surface area contributed by atoms with Crippen LogP contribution in [0.4, 0.5) is 11.4 Å². The highest BCUT2D eigenvalue weighted by Gasteiger charge is 2.07. The number of benzene rings is 1. The molecule has 0 spiro atoms. The molecule has 0 aromatic heterocycles. The third-order valence-electron chi connectivity index (χ3n) is 3.34. The van der Waals surface area contributed by atoms with Crippen molar-refractivity contribution in [2.75, 3.05) is 35.7 Å². The fourth-order valence-corrected chi connectivity index (χ4v) is 2.16. The molecule has 0 bridgehead atoms. The van der Waals surface area contributed by atoms with Crippen molar-refractivity contribution in [3.8, 4) is 6.07 Å². The minimum atomic E-state index is -0.398. The number of hydrogen-bond donors (Lipinski definition) is 2. The minimum Gasteiger partial charge on any atom is -0.372 e. The van der Waals surface area contributed by atoms with Gasteiger partial charge in [-0.05, 0) is 44.5 Å². The molecular formula is C17H23ClN4O. The van der Waals surface area contributed by atoms with Crippen LogP contribution >= 0.6 is 11.6 Å². The van der Waals surface area contributed by atoms with Gasteiger partial charge in [0.05, 0.1) is 0 Å². The lowest BCUT2D eigenvalue weighted by molar-refractivity contribution is -0.117. The summed E-state index contributed by atoms with van der Waals surface area (Å²) in [6.45, 7) is 6.58. The van der Waals surface area contributed by atoms with E-state index in [1.165, 1.54) is 6.20 Å². The monoisotopic (exact) mass is 334 g/mol. The van der Waals surface area contributed by atoms with E-state index in [0.717, 1.165) is 24.5 Å². The van der Waals surface area contributed by atoms with Gasteiger partial charge in [0.2, 0.25) is 0 Å². The number of carbonyl (C=O) groups excluding carboxylic acids is 1. The van der Waals surface area contributed by atoms with Crippen molar-refractivity contribution in [1.29, 1.82) is 5.26 Å². The summed E-state index contributed by atoms with van der Waals surface area (Å²) < 4.78 is 0. The Labute approximate surface area is 142 Å². The fraction of sp³-hybridized carbons (Fsp3) is 0.412. The van der Waals surface area contributed by atoms with E-state index in [4.69, 9.17) is 16.9 Å². The number of alkyl halides is 1. The third-order valence-corrected chi connectivity index (χ3v) is 3.61. The molecule has 0 heterocycles. The van der Waals surface area contributed by atoms with E-state index in [0.29, 0.717) is 18.8 Å². The van der Waals surface area contributed by atoms with Crippen LogP contribution in [0.5, 0.6) is 0 Å². The number of carbonyl (C=O) groups is 1. The highest BCUT2D eigenvalue weighted by atomic mass is 35.5. The maximum atomic E-state index is 11.8. The lowest BCUT2D eigenvalue weighted by Crippen LogP contribution is -2.26. The summed E-state index contributed by atoms with van der Waals surface area (Å²) in [7, 11) is 0. The summed E-state index contributed by atoms with van der Waals surface area (Å²) in [5, 5.41) is 14.7. The number of hydrogen-bond acceptors (Lipinski definition) is 4. The molecule has 0 radical (unpaired) electrons. The topological polar surface area (TPSA) is 68.2 Å². The van der Waals surface area contributed by atoms with Gasteiger partial charge in [0.25, 0.3) is 5.91 Å². The van der Waals surface area contributed by atoms with E-state index < -0.39 is 5.91 Å². The minimum absolute atomic E-state index is 0.0346. The highest BCUT2D eigenvalue weighted by molar-refractivity contribution is 6.17. The van der Waals surface area contributed by atoms with Gasteiger partial charge in [-0.25, -0.2) is 0 Å². The van der Waals surface area contributed by atoms with Crippen LogP contribution in [-0.4, -0.2) is 31.4 Å². The summed E-state index contributed by atoms with van der Waals surface area (Å²) >= 11 is 5.55. The molecule has 1 aromatic carbocycles. The molecule has 23 heavy (non-hydrogen) atoms. The molecule has 0 unspecified atom stereocenters. The molecule has 1 aromatic rings. The summed E-state index contributed by atoms with van der Waals surface area (Å²) in [5.74, 6) is 0.0770. The molecule has 1 rings (SSSR count). The Bertz CT molecular complexity index is 559. The van der Waals surface area contributed by atoms with Gasteiger partial charge in [-0.3, -0.25) is 4.79 Å². The van der Waals surface area contributed by atoms with Crippen LogP contribution in [0.1, 0.15) is 20.3 Å². The van der Waals surface area contributed by atoms with Crippen molar-refractivity contribution >= 4 is 28.9 Å². The summed E-state index contributed by atoms with van der Waals surface area (Å²) in [4.78, 5) is 14.0.